The van der Waals surface area contributed by atoms with Crippen molar-refractivity contribution in [1.29, 1.82) is 0 Å². The first kappa shape index (κ1) is 23.7. The van der Waals surface area contributed by atoms with Gasteiger partial charge in [0.15, 0.2) is 0 Å². The van der Waals surface area contributed by atoms with Crippen molar-refractivity contribution in [2.24, 2.45) is 5.92 Å². The van der Waals surface area contributed by atoms with Crippen molar-refractivity contribution in [3.63, 3.8) is 0 Å². The van der Waals surface area contributed by atoms with Crippen LogP contribution in [-0.4, -0.2) is 29.1 Å². The van der Waals surface area contributed by atoms with Gasteiger partial charge in [-0.15, -0.1) is 0 Å². The third-order valence-corrected chi connectivity index (χ3v) is 6.51. The summed E-state index contributed by atoms with van der Waals surface area (Å²) in [5, 5.41) is 3.22. The second-order valence-corrected chi connectivity index (χ2v) is 10.0. The molecule has 0 saturated carbocycles. The Morgan fingerprint density at radius 3 is 2.23 bits per heavy atom. The smallest absolute Gasteiger partial charge is 0.325 e. The Bertz CT molecular complexity index is 858. The Labute approximate surface area is 185 Å². The Hall–Kier alpha value is -1.91. The van der Waals surface area contributed by atoms with Crippen LogP contribution in [0.5, 0.6) is 5.75 Å². The predicted molar refractivity (Wildman–Crippen MR) is 126 cm³/mol. The van der Waals surface area contributed by atoms with Gasteiger partial charge in [-0.05, 0) is 67.0 Å². The number of rotatable bonds is 14. The van der Waals surface area contributed by atoms with Crippen molar-refractivity contribution >= 4 is 7.60 Å². The minimum Gasteiger partial charge on any atom is -0.494 e. The van der Waals surface area contributed by atoms with Gasteiger partial charge in [-0.1, -0.05) is 61.4 Å². The molecule has 0 spiro atoms. The van der Waals surface area contributed by atoms with Crippen LogP contribution in [0.25, 0.3) is 11.1 Å². The van der Waals surface area contributed by atoms with Crippen LogP contribution < -0.4 is 10.1 Å². The lowest BCUT2D eigenvalue weighted by molar-refractivity contribution is 0.303. The minimum atomic E-state index is -3.89. The summed E-state index contributed by atoms with van der Waals surface area (Å²) in [5.41, 5.74) is 3.46. The van der Waals surface area contributed by atoms with Crippen LogP contribution in [0.1, 0.15) is 44.1 Å². The van der Waals surface area contributed by atoms with Gasteiger partial charge in [0.2, 0.25) is 0 Å². The monoisotopic (exact) mass is 443 g/mol. The van der Waals surface area contributed by atoms with Gasteiger partial charge >= 0.3 is 7.60 Å². The van der Waals surface area contributed by atoms with Crippen molar-refractivity contribution < 1.29 is 19.1 Å². The van der Waals surface area contributed by atoms with Gasteiger partial charge in [0.25, 0.3) is 0 Å². The fourth-order valence-corrected chi connectivity index (χ4v) is 4.19. The number of hydrogen-bond donors (Lipinski definition) is 3. The summed E-state index contributed by atoms with van der Waals surface area (Å²) in [6.07, 6.45) is 11.2. The highest BCUT2D eigenvalue weighted by Gasteiger charge is 2.11. The molecule has 31 heavy (non-hydrogen) atoms. The van der Waals surface area contributed by atoms with Gasteiger partial charge in [-0.25, -0.2) is 0 Å². The quantitative estimate of drug-likeness (QED) is 0.203. The van der Waals surface area contributed by atoms with Crippen molar-refractivity contribution in [2.45, 2.75) is 45.1 Å². The molecular weight excluding hydrogens is 409 g/mol. The van der Waals surface area contributed by atoms with Gasteiger partial charge in [0.1, 0.15) is 5.75 Å². The second-order valence-electron chi connectivity index (χ2n) is 8.26. The fraction of sp³-hybridized carbons (Fsp3) is 0.440. The van der Waals surface area contributed by atoms with Crippen LogP contribution in [0.2, 0.25) is 0 Å². The molecule has 1 aliphatic carbocycles. The maximum Gasteiger partial charge on any atom is 0.325 e. The van der Waals surface area contributed by atoms with E-state index in [2.05, 4.69) is 53.9 Å². The van der Waals surface area contributed by atoms with Crippen molar-refractivity contribution in [1.82, 2.24) is 5.32 Å². The van der Waals surface area contributed by atoms with E-state index in [1.165, 1.54) is 25.7 Å². The van der Waals surface area contributed by atoms with Crippen molar-refractivity contribution in [2.75, 3.05) is 19.3 Å². The molecular formula is C25H34NO4P. The maximum absolute atomic E-state index is 10.8. The molecule has 6 heteroatoms. The standard InChI is InChI=1S/C25H34NO4P/c27-31(28,29)19-5-17-26-20-22-9-11-23(12-10-22)24-13-15-25(16-14-24)30-18-3-1-2-6-21-7-4-8-21/h4,7,9-16,21,26H,1-3,5-6,8,17-20H2,(H2,27,28,29). The first-order valence-corrected chi connectivity index (χ1v) is 13.0. The van der Waals surface area contributed by atoms with E-state index < -0.39 is 7.60 Å². The molecule has 0 radical (unpaired) electrons. The van der Waals surface area contributed by atoms with E-state index in [0.717, 1.165) is 41.4 Å². The molecule has 2 aromatic rings. The lowest BCUT2D eigenvalue weighted by Crippen LogP contribution is -2.15. The van der Waals surface area contributed by atoms with Crippen LogP contribution in [0.15, 0.2) is 60.7 Å². The third kappa shape index (κ3) is 9.00. The normalized spacial score (nSPS) is 15.6. The summed E-state index contributed by atoms with van der Waals surface area (Å²) in [6, 6.07) is 16.6. The summed E-state index contributed by atoms with van der Waals surface area (Å²) in [5.74, 6) is 1.75. The molecule has 0 amide bonds. The number of unbranched alkanes of at least 4 members (excludes halogenated alkanes) is 2. The van der Waals surface area contributed by atoms with Crippen molar-refractivity contribution in [3.8, 4) is 16.9 Å². The molecule has 1 aliphatic rings. The summed E-state index contributed by atoms with van der Waals surface area (Å²) in [4.78, 5) is 17.7. The van der Waals surface area contributed by atoms with E-state index in [4.69, 9.17) is 14.5 Å². The van der Waals surface area contributed by atoms with Gasteiger partial charge in [-0.3, -0.25) is 4.57 Å². The molecule has 3 N–H and O–H groups in total. The number of allylic oxidation sites excluding steroid dienone is 2. The average molecular weight is 444 g/mol. The Balaban J connectivity index is 1.34. The summed E-state index contributed by atoms with van der Waals surface area (Å²) >= 11 is 0. The van der Waals surface area contributed by atoms with Gasteiger partial charge in [-0.2, -0.15) is 0 Å². The van der Waals surface area contributed by atoms with E-state index in [0.29, 0.717) is 19.5 Å². The molecule has 0 bridgehead atoms. The van der Waals surface area contributed by atoms with E-state index in [-0.39, 0.29) is 6.16 Å². The Kier molecular flexibility index (Phi) is 9.35. The number of benzene rings is 2. The van der Waals surface area contributed by atoms with Crippen LogP contribution in [0.3, 0.4) is 0 Å². The maximum atomic E-state index is 10.8. The minimum absolute atomic E-state index is 0.0725. The lowest BCUT2D eigenvalue weighted by Gasteiger charge is -2.16. The molecule has 1 unspecified atom stereocenters. The predicted octanol–water partition coefficient (Wildman–Crippen LogP) is 5.53. The Morgan fingerprint density at radius 2 is 1.61 bits per heavy atom. The number of hydrogen-bond acceptors (Lipinski definition) is 3. The van der Waals surface area contributed by atoms with Crippen molar-refractivity contribution in [3.05, 3.63) is 66.2 Å². The molecule has 0 heterocycles. The molecule has 5 nitrogen and oxygen atoms in total. The van der Waals surface area contributed by atoms with Crippen LogP contribution in [0, 0.1) is 5.92 Å². The summed E-state index contributed by atoms with van der Waals surface area (Å²) in [6.45, 7) is 2.05. The molecule has 2 aromatic carbocycles. The average Bonchev–Trinajstić information content (AvgIpc) is 2.72. The highest BCUT2D eigenvalue weighted by atomic mass is 31.2. The SMILES string of the molecule is O=P(O)(O)CCCNCc1ccc(-c2ccc(OCCCCCC3C=CC3)cc2)cc1. The zero-order valence-corrected chi connectivity index (χ0v) is 19.0. The highest BCUT2D eigenvalue weighted by Crippen LogP contribution is 2.34. The van der Waals surface area contributed by atoms with Gasteiger partial charge in [0, 0.05) is 6.54 Å². The van der Waals surface area contributed by atoms with Gasteiger partial charge < -0.3 is 19.8 Å². The highest BCUT2D eigenvalue weighted by molar-refractivity contribution is 7.51. The van der Waals surface area contributed by atoms with Crippen LogP contribution in [0.4, 0.5) is 0 Å². The van der Waals surface area contributed by atoms with E-state index in [1.54, 1.807) is 0 Å². The first-order valence-electron chi connectivity index (χ1n) is 11.2. The van der Waals surface area contributed by atoms with E-state index >= 15 is 0 Å². The summed E-state index contributed by atoms with van der Waals surface area (Å²) < 4.78 is 16.7. The largest absolute Gasteiger partial charge is 0.494 e. The first-order chi connectivity index (χ1) is 15.0. The second kappa shape index (κ2) is 12.2. The molecule has 3 rings (SSSR count). The molecule has 168 valence electrons. The molecule has 0 aliphatic heterocycles. The molecule has 0 aromatic heterocycles. The number of nitrogens with one attached hydrogen (secondary N) is 1. The van der Waals surface area contributed by atoms with Crippen LogP contribution in [-0.2, 0) is 11.1 Å². The molecule has 0 saturated heterocycles. The Morgan fingerprint density at radius 1 is 0.935 bits per heavy atom. The molecule has 0 fully saturated rings. The molecule has 1 atom stereocenters. The third-order valence-electron chi connectivity index (χ3n) is 5.61. The number of ether oxygens (including phenoxy) is 1. The zero-order chi connectivity index (χ0) is 21.9. The zero-order valence-electron chi connectivity index (χ0n) is 18.1. The van der Waals surface area contributed by atoms with E-state index in [9.17, 15) is 4.57 Å². The lowest BCUT2D eigenvalue weighted by atomic mass is 9.90. The van der Waals surface area contributed by atoms with Crippen LogP contribution >= 0.6 is 7.60 Å². The van der Waals surface area contributed by atoms with E-state index in [1.807, 2.05) is 12.1 Å². The topological polar surface area (TPSA) is 78.8 Å². The fourth-order valence-electron chi connectivity index (χ4n) is 3.62. The summed E-state index contributed by atoms with van der Waals surface area (Å²) in [7, 11) is -3.89. The van der Waals surface area contributed by atoms with Gasteiger partial charge in [0.05, 0.1) is 12.8 Å².